The number of anilines is 3. The molecule has 4 fully saturated rings. The number of amides is 3. The zero-order chi connectivity index (χ0) is 65.9. The molecule has 91 heavy (non-hydrogen) atoms. The van der Waals surface area contributed by atoms with Gasteiger partial charge in [-0.2, -0.15) is 0 Å². The molecule has 476 valence electrons. The second-order valence-corrected chi connectivity index (χ2v) is 26.4. The first-order chi connectivity index (χ1) is 43.2. The van der Waals surface area contributed by atoms with E-state index in [0.717, 1.165) is 37.6 Å². The van der Waals surface area contributed by atoms with E-state index in [2.05, 4.69) is 50.0 Å². The SMILES string of the molecule is CC(C)CN1[C@H]2CCCC(=O)[C@H]2[C@H](c2cccc(Cl)c2F)[C@]12C(=O)Nc1cc(Cl)ccc12.COC(=O)c1ccc(Br)c([N+](=O)[O-])c1.COC(=O)c1ccc(N2CC[C@H]3[C@@H](C2=O)[C@H](c2cccc(Cl)c2F)[C@]2(C(=O)Nc4cc(Cl)ccc42)N3CC(C)C)c([N+](=O)[O-])c1. The number of halogens is 7. The molecule has 5 aliphatic heterocycles. The van der Waals surface area contributed by atoms with E-state index < -0.39 is 91.7 Å². The highest BCUT2D eigenvalue weighted by Gasteiger charge is 2.71. The van der Waals surface area contributed by atoms with E-state index in [4.69, 9.17) is 51.1 Å². The summed E-state index contributed by atoms with van der Waals surface area (Å²) in [5, 5.41) is 29.4. The summed E-state index contributed by atoms with van der Waals surface area (Å²) >= 11 is 28.0. The number of hydrogen-bond acceptors (Lipinski definition) is 14. The molecule has 0 bridgehead atoms. The van der Waals surface area contributed by atoms with Crippen LogP contribution >= 0.6 is 62.3 Å². The number of carbonyl (C=O) groups is 6. The number of benzene rings is 6. The van der Waals surface area contributed by atoms with Crippen molar-refractivity contribution in [3.8, 4) is 0 Å². The molecule has 8 atom stereocenters. The Labute approximate surface area is 550 Å². The van der Waals surface area contributed by atoms with Crippen molar-refractivity contribution in [3.63, 3.8) is 0 Å². The standard InChI is InChI=1S/C32H29Cl2FN4O6.C25H25Cl2FN2O2.C8H6BrNO4/c1-16(2)15-38-24-11-12-37(23-10-7-17(30(41)45-3)13-25(23)39(43)44)29(40)26(24)27(19-5-4-6-21(34)28(19)35)32(38)20-9-8-18(33)14-22(20)36-31(32)42;1-13(2)12-30-19-7-4-8-20(31)21(19)22(15-5-3-6-17(27)23(15)28)25(30)16-10-9-14(26)11-18(16)29-24(25)32;1-14-8(11)5-2-3-6(9)7(4-5)10(12)13/h4-10,13-14,16,24,26-27H,11-12,15H2,1-3H3,(H,36,42);3,5-6,9-11,13,19,21-22H,4,7-8,12H2,1-2H3,(H,29,32);2-4H,1H3/t24-,26+,27-,32+;19-,21-,22-,25+;/m00./s1. The number of esters is 2. The van der Waals surface area contributed by atoms with Gasteiger partial charge in [-0.15, -0.1) is 0 Å². The van der Waals surface area contributed by atoms with Gasteiger partial charge in [0.2, 0.25) is 17.7 Å². The zero-order valence-corrected chi connectivity index (χ0v) is 54.4. The van der Waals surface area contributed by atoms with E-state index in [1.165, 1.54) is 54.5 Å². The normalized spacial score (nSPS) is 23.8. The molecular weight excluding hydrogens is 1330 g/mol. The maximum Gasteiger partial charge on any atom is 0.338 e. The minimum Gasteiger partial charge on any atom is -0.465 e. The number of fused-ring (bicyclic) bond motifs is 6. The van der Waals surface area contributed by atoms with Crippen molar-refractivity contribution >= 4 is 126 Å². The summed E-state index contributed by atoms with van der Waals surface area (Å²) in [7, 11) is 2.38. The number of carbonyl (C=O) groups excluding carboxylic acids is 6. The summed E-state index contributed by atoms with van der Waals surface area (Å²) in [4.78, 5) is 107. The highest BCUT2D eigenvalue weighted by molar-refractivity contribution is 9.10. The second kappa shape index (κ2) is 26.3. The molecule has 5 heterocycles. The van der Waals surface area contributed by atoms with Crippen LogP contribution in [0.15, 0.2) is 114 Å². The Morgan fingerprint density at radius 3 is 1.58 bits per heavy atom. The summed E-state index contributed by atoms with van der Waals surface area (Å²) in [6, 6.07) is 26.9. The van der Waals surface area contributed by atoms with Gasteiger partial charge in [0, 0.05) is 101 Å². The fraction of sp³-hybridized carbons (Fsp3) is 0.354. The van der Waals surface area contributed by atoms with Crippen LogP contribution in [0.3, 0.4) is 0 Å². The van der Waals surface area contributed by atoms with Crippen LogP contribution in [0, 0.1) is 55.5 Å². The van der Waals surface area contributed by atoms with Gasteiger partial charge in [0.25, 0.3) is 11.4 Å². The molecule has 0 radical (unpaired) electrons. The van der Waals surface area contributed by atoms with E-state index >= 15 is 8.78 Å². The van der Waals surface area contributed by atoms with Crippen LogP contribution in [0.2, 0.25) is 20.1 Å². The summed E-state index contributed by atoms with van der Waals surface area (Å²) in [6.07, 6.45) is 2.33. The third-order valence-electron chi connectivity index (χ3n) is 17.8. The number of hydrogen-bond donors (Lipinski definition) is 2. The smallest absolute Gasteiger partial charge is 0.338 e. The number of piperidine rings is 1. The second-order valence-electron chi connectivity index (χ2n) is 23.8. The minimum atomic E-state index is -1.52. The Morgan fingerprint density at radius 2 is 1.11 bits per heavy atom. The van der Waals surface area contributed by atoms with E-state index in [-0.39, 0.29) is 74.2 Å². The van der Waals surface area contributed by atoms with E-state index in [9.17, 15) is 49.0 Å². The van der Waals surface area contributed by atoms with Crippen LogP contribution in [-0.2, 0) is 39.7 Å². The van der Waals surface area contributed by atoms with Crippen LogP contribution in [0.1, 0.15) is 108 Å². The summed E-state index contributed by atoms with van der Waals surface area (Å²) in [6.45, 7) is 9.28. The number of ketones is 1. The minimum absolute atomic E-state index is 0.00509. The largest absolute Gasteiger partial charge is 0.465 e. The Kier molecular flexibility index (Phi) is 19.2. The van der Waals surface area contributed by atoms with Gasteiger partial charge >= 0.3 is 11.9 Å². The van der Waals surface area contributed by atoms with Gasteiger partial charge in [-0.05, 0) is 119 Å². The van der Waals surface area contributed by atoms with Crippen molar-refractivity contribution in [2.75, 3.05) is 49.4 Å². The molecule has 3 amide bonds. The van der Waals surface area contributed by atoms with Crippen molar-refractivity contribution in [1.82, 2.24) is 9.80 Å². The Hall–Kier alpha value is -7.44. The quantitative estimate of drug-likeness (QED) is 0.0697. The first-order valence-electron chi connectivity index (χ1n) is 29.1. The number of Topliss-reactive ketones (excluding diaryl/α,β-unsaturated/α-hetero) is 1. The van der Waals surface area contributed by atoms with Gasteiger partial charge in [0.05, 0.1) is 55.6 Å². The number of nitrogens with one attached hydrogen (secondary N) is 2. The number of ether oxygens (including phenoxy) is 2. The van der Waals surface area contributed by atoms with Crippen LogP contribution in [0.25, 0.3) is 0 Å². The maximum atomic E-state index is 16.1. The number of nitro groups is 2. The first kappa shape index (κ1) is 66.5. The molecular formula is C65H60BrCl4F2N7O12. The van der Waals surface area contributed by atoms with Crippen LogP contribution in [0.4, 0.5) is 37.2 Å². The fourth-order valence-corrected chi connectivity index (χ4v) is 15.7. The molecule has 6 aromatic rings. The van der Waals surface area contributed by atoms with Crippen molar-refractivity contribution in [2.45, 2.75) is 88.4 Å². The number of methoxy groups -OCH3 is 2. The molecule has 26 heteroatoms. The van der Waals surface area contributed by atoms with Crippen LogP contribution < -0.4 is 15.5 Å². The molecule has 3 saturated heterocycles. The molecule has 1 saturated carbocycles. The van der Waals surface area contributed by atoms with Gasteiger partial charge < -0.3 is 25.0 Å². The molecule has 6 aromatic carbocycles. The predicted octanol–water partition coefficient (Wildman–Crippen LogP) is 14.1. The number of rotatable bonds is 11. The molecule has 2 N–H and O–H groups in total. The summed E-state index contributed by atoms with van der Waals surface area (Å²) in [5.41, 5.74) is -0.433. The first-order valence-corrected chi connectivity index (χ1v) is 31.4. The van der Waals surface area contributed by atoms with E-state index in [1.807, 2.05) is 24.8 Å². The highest BCUT2D eigenvalue weighted by atomic mass is 79.9. The maximum absolute atomic E-state index is 16.1. The molecule has 1 aliphatic carbocycles. The van der Waals surface area contributed by atoms with Crippen molar-refractivity contribution in [1.29, 1.82) is 0 Å². The molecule has 0 unspecified atom stereocenters. The zero-order valence-electron chi connectivity index (χ0n) is 49.7. The average molecular weight is 1390 g/mol. The molecule has 19 nitrogen and oxygen atoms in total. The third-order valence-corrected chi connectivity index (χ3v) is 19.6. The lowest BCUT2D eigenvalue weighted by atomic mass is 9.68. The lowest BCUT2D eigenvalue weighted by molar-refractivity contribution is -0.385. The fourth-order valence-electron chi connectivity index (χ4n) is 14.6. The Bertz CT molecular complexity index is 4010. The lowest BCUT2D eigenvalue weighted by Crippen LogP contribution is -2.54. The lowest BCUT2D eigenvalue weighted by Gasteiger charge is -2.41. The van der Waals surface area contributed by atoms with Crippen molar-refractivity contribution in [2.24, 2.45) is 23.7 Å². The third kappa shape index (κ3) is 11.5. The van der Waals surface area contributed by atoms with Crippen molar-refractivity contribution < 1.29 is 56.9 Å². The number of nitrogens with zero attached hydrogens (tertiary/aromatic N) is 5. The highest BCUT2D eigenvalue weighted by Crippen LogP contribution is 2.64. The van der Waals surface area contributed by atoms with Gasteiger partial charge in [0.15, 0.2) is 0 Å². The number of nitro benzene ring substituents is 2. The Balaban J connectivity index is 0.000000171. The molecule has 2 spiro atoms. The average Bonchev–Trinajstić information content (AvgIpc) is 1.53. The monoisotopic (exact) mass is 1390 g/mol. The van der Waals surface area contributed by atoms with Crippen LogP contribution in [0.5, 0.6) is 0 Å². The molecule has 12 rings (SSSR count). The molecule has 6 aliphatic rings. The summed E-state index contributed by atoms with van der Waals surface area (Å²) < 4.78 is 41.1. The van der Waals surface area contributed by atoms with E-state index in [1.54, 1.807) is 48.5 Å². The van der Waals surface area contributed by atoms with Crippen LogP contribution in [-0.4, -0.2) is 101 Å². The van der Waals surface area contributed by atoms with Gasteiger partial charge in [-0.3, -0.25) is 49.2 Å². The topological polar surface area (TPSA) is 241 Å². The van der Waals surface area contributed by atoms with Crippen molar-refractivity contribution in [3.05, 3.63) is 199 Å². The summed E-state index contributed by atoms with van der Waals surface area (Å²) in [5.74, 6) is -6.68. The Morgan fingerprint density at radius 1 is 0.648 bits per heavy atom. The molecule has 0 aromatic heterocycles. The van der Waals surface area contributed by atoms with Gasteiger partial charge in [-0.25, -0.2) is 18.4 Å². The predicted molar refractivity (Wildman–Crippen MR) is 342 cm³/mol. The van der Waals surface area contributed by atoms with Gasteiger partial charge in [0.1, 0.15) is 34.2 Å². The number of likely N-dealkylation sites (tertiary alicyclic amines) is 2. The van der Waals surface area contributed by atoms with E-state index in [0.29, 0.717) is 63.0 Å². The van der Waals surface area contributed by atoms with Gasteiger partial charge in [-0.1, -0.05) is 110 Å².